The summed E-state index contributed by atoms with van der Waals surface area (Å²) in [5, 5.41) is 16.2. The average Bonchev–Trinajstić information content (AvgIpc) is 2.67. The van der Waals surface area contributed by atoms with Gasteiger partial charge in [-0.15, -0.1) is 0 Å². The summed E-state index contributed by atoms with van der Waals surface area (Å²) < 4.78 is 0. The van der Waals surface area contributed by atoms with Gasteiger partial charge in [0.1, 0.15) is 0 Å². The first-order valence-electron chi connectivity index (χ1n) is 4.23. The number of aromatic nitrogens is 2. The van der Waals surface area contributed by atoms with Gasteiger partial charge in [-0.05, 0) is 18.2 Å². The zero-order chi connectivity index (χ0) is 9.68. The number of rotatable bonds is 0. The third-order valence-electron chi connectivity index (χ3n) is 1.57. The lowest BCUT2D eigenvalue weighted by atomic mass is 10.2. The summed E-state index contributed by atoms with van der Waals surface area (Å²) in [6.45, 7) is 4.00. The van der Waals surface area contributed by atoms with E-state index in [4.69, 9.17) is 5.26 Å². The maximum Gasteiger partial charge on any atom is 0.0992 e. The van der Waals surface area contributed by atoms with Gasteiger partial charge in [-0.2, -0.15) is 10.4 Å². The summed E-state index contributed by atoms with van der Waals surface area (Å²) in [6.07, 6.45) is 1.73. The second-order valence-corrected chi connectivity index (χ2v) is 2.28. The number of benzene rings is 1. The zero-order valence-corrected chi connectivity index (χ0v) is 7.70. The van der Waals surface area contributed by atoms with Crippen molar-refractivity contribution in [3.63, 3.8) is 0 Å². The van der Waals surface area contributed by atoms with Gasteiger partial charge >= 0.3 is 0 Å². The van der Waals surface area contributed by atoms with Crippen LogP contribution < -0.4 is 0 Å². The van der Waals surface area contributed by atoms with Crippen LogP contribution in [0.15, 0.2) is 24.4 Å². The van der Waals surface area contributed by atoms with Gasteiger partial charge in [0, 0.05) is 5.39 Å². The molecular formula is C10H11N3. The van der Waals surface area contributed by atoms with Crippen LogP contribution in [-0.2, 0) is 0 Å². The van der Waals surface area contributed by atoms with E-state index in [0.29, 0.717) is 5.56 Å². The lowest BCUT2D eigenvalue weighted by Gasteiger charge is -1.87. The molecule has 0 bridgehead atoms. The van der Waals surface area contributed by atoms with Gasteiger partial charge in [-0.3, -0.25) is 5.10 Å². The molecule has 0 saturated heterocycles. The number of H-pyrrole nitrogens is 1. The zero-order valence-electron chi connectivity index (χ0n) is 7.70. The smallest absolute Gasteiger partial charge is 0.0992 e. The van der Waals surface area contributed by atoms with Crippen LogP contribution >= 0.6 is 0 Å². The van der Waals surface area contributed by atoms with Crippen LogP contribution in [0, 0.1) is 11.3 Å². The average molecular weight is 173 g/mol. The third kappa shape index (κ3) is 1.85. The number of nitriles is 1. The largest absolute Gasteiger partial charge is 0.278 e. The molecule has 0 spiro atoms. The van der Waals surface area contributed by atoms with E-state index in [1.807, 2.05) is 19.9 Å². The fourth-order valence-electron chi connectivity index (χ4n) is 1.01. The predicted molar refractivity (Wildman–Crippen MR) is 52.2 cm³/mol. The molecule has 0 radical (unpaired) electrons. The van der Waals surface area contributed by atoms with Gasteiger partial charge in [0.2, 0.25) is 0 Å². The van der Waals surface area contributed by atoms with Crippen molar-refractivity contribution in [2.24, 2.45) is 0 Å². The molecule has 2 aromatic rings. The molecule has 13 heavy (non-hydrogen) atoms. The monoisotopic (exact) mass is 173 g/mol. The Kier molecular flexibility index (Phi) is 3.04. The molecule has 1 aromatic carbocycles. The number of nitrogens with one attached hydrogen (secondary N) is 1. The minimum absolute atomic E-state index is 0.654. The molecule has 0 saturated carbocycles. The quantitative estimate of drug-likeness (QED) is 0.665. The number of fused-ring (bicyclic) bond motifs is 1. The second-order valence-electron chi connectivity index (χ2n) is 2.28. The molecule has 0 aliphatic carbocycles. The first kappa shape index (κ1) is 9.27. The van der Waals surface area contributed by atoms with E-state index < -0.39 is 0 Å². The van der Waals surface area contributed by atoms with Crippen LogP contribution in [0.1, 0.15) is 19.4 Å². The highest BCUT2D eigenvalue weighted by molar-refractivity contribution is 5.79. The van der Waals surface area contributed by atoms with E-state index in [9.17, 15) is 0 Å². The highest BCUT2D eigenvalue weighted by atomic mass is 15.1. The summed E-state index contributed by atoms with van der Waals surface area (Å²) in [4.78, 5) is 0. The van der Waals surface area contributed by atoms with Crippen LogP contribution in [0.3, 0.4) is 0 Å². The molecule has 2 rings (SSSR count). The van der Waals surface area contributed by atoms with Crippen molar-refractivity contribution < 1.29 is 0 Å². The van der Waals surface area contributed by atoms with Crippen LogP contribution in [0.4, 0.5) is 0 Å². The van der Waals surface area contributed by atoms with Crippen LogP contribution in [0.2, 0.25) is 0 Å². The van der Waals surface area contributed by atoms with Crippen molar-refractivity contribution >= 4 is 10.9 Å². The van der Waals surface area contributed by atoms with Crippen LogP contribution in [-0.4, -0.2) is 10.2 Å². The summed E-state index contributed by atoms with van der Waals surface area (Å²) in [6, 6.07) is 7.49. The van der Waals surface area contributed by atoms with E-state index in [1.165, 1.54) is 0 Å². The molecule has 0 fully saturated rings. The Balaban J connectivity index is 0.000000396. The molecule has 1 N–H and O–H groups in total. The van der Waals surface area contributed by atoms with Crippen molar-refractivity contribution in [1.29, 1.82) is 5.26 Å². The third-order valence-corrected chi connectivity index (χ3v) is 1.57. The van der Waals surface area contributed by atoms with Gasteiger partial charge in [-0.1, -0.05) is 13.8 Å². The van der Waals surface area contributed by atoms with Crippen molar-refractivity contribution in [3.8, 4) is 6.07 Å². The predicted octanol–water partition coefficient (Wildman–Crippen LogP) is 2.46. The van der Waals surface area contributed by atoms with E-state index >= 15 is 0 Å². The Morgan fingerprint density at radius 1 is 1.38 bits per heavy atom. The molecular weight excluding hydrogens is 162 g/mol. The van der Waals surface area contributed by atoms with E-state index in [1.54, 1.807) is 18.3 Å². The fraction of sp³-hybridized carbons (Fsp3) is 0.200. The van der Waals surface area contributed by atoms with E-state index in [2.05, 4.69) is 16.3 Å². The molecule has 0 aliphatic rings. The van der Waals surface area contributed by atoms with Crippen LogP contribution in [0.25, 0.3) is 10.9 Å². The Labute approximate surface area is 77.0 Å². The maximum absolute atomic E-state index is 8.55. The van der Waals surface area contributed by atoms with E-state index in [0.717, 1.165) is 10.9 Å². The molecule has 0 aliphatic heterocycles. The lowest BCUT2D eigenvalue weighted by molar-refractivity contribution is 1.12. The normalized spacial score (nSPS) is 8.69. The fourth-order valence-corrected chi connectivity index (χ4v) is 1.01. The molecule has 0 atom stereocenters. The summed E-state index contributed by atoms with van der Waals surface area (Å²) in [7, 11) is 0. The SMILES string of the molecule is CC.N#Cc1ccc2cn[nH]c2c1. The van der Waals surface area contributed by atoms with Crippen LogP contribution in [0.5, 0.6) is 0 Å². The molecule has 66 valence electrons. The Bertz CT molecular complexity index is 423. The topological polar surface area (TPSA) is 52.5 Å². The minimum atomic E-state index is 0.654. The van der Waals surface area contributed by atoms with Gasteiger partial charge in [0.25, 0.3) is 0 Å². The number of nitrogens with zero attached hydrogens (tertiary/aromatic N) is 2. The number of aromatic amines is 1. The minimum Gasteiger partial charge on any atom is -0.278 e. The molecule has 3 heteroatoms. The van der Waals surface area contributed by atoms with Gasteiger partial charge in [-0.25, -0.2) is 0 Å². The molecule has 0 unspecified atom stereocenters. The highest BCUT2D eigenvalue weighted by Crippen LogP contribution is 2.11. The lowest BCUT2D eigenvalue weighted by Crippen LogP contribution is -1.72. The number of hydrogen-bond acceptors (Lipinski definition) is 2. The molecule has 3 nitrogen and oxygen atoms in total. The Hall–Kier alpha value is -1.82. The molecule has 0 amide bonds. The van der Waals surface area contributed by atoms with Crippen molar-refractivity contribution in [2.75, 3.05) is 0 Å². The Morgan fingerprint density at radius 3 is 2.85 bits per heavy atom. The standard InChI is InChI=1S/C8H5N3.C2H6/c9-4-6-1-2-7-5-10-11-8(7)3-6;1-2/h1-3,5H,(H,10,11);1-2H3. The first-order chi connectivity index (χ1) is 6.40. The summed E-state index contributed by atoms with van der Waals surface area (Å²) >= 11 is 0. The molecule has 1 heterocycles. The Morgan fingerprint density at radius 2 is 2.15 bits per heavy atom. The first-order valence-corrected chi connectivity index (χ1v) is 4.23. The van der Waals surface area contributed by atoms with E-state index in [-0.39, 0.29) is 0 Å². The van der Waals surface area contributed by atoms with Crippen molar-refractivity contribution in [3.05, 3.63) is 30.0 Å². The number of hydrogen-bond donors (Lipinski definition) is 1. The highest BCUT2D eigenvalue weighted by Gasteiger charge is 1.95. The second kappa shape index (κ2) is 4.27. The maximum atomic E-state index is 8.55. The summed E-state index contributed by atoms with van der Waals surface area (Å²) in [5.41, 5.74) is 1.56. The molecule has 1 aromatic heterocycles. The van der Waals surface area contributed by atoms with Gasteiger partial charge < -0.3 is 0 Å². The van der Waals surface area contributed by atoms with Crippen molar-refractivity contribution in [1.82, 2.24) is 10.2 Å². The van der Waals surface area contributed by atoms with Crippen molar-refractivity contribution in [2.45, 2.75) is 13.8 Å². The van der Waals surface area contributed by atoms with Gasteiger partial charge in [0.05, 0.1) is 23.3 Å². The van der Waals surface area contributed by atoms with Gasteiger partial charge in [0.15, 0.2) is 0 Å². The summed E-state index contributed by atoms with van der Waals surface area (Å²) in [5.74, 6) is 0.